The van der Waals surface area contributed by atoms with Crippen LogP contribution in [-0.4, -0.2) is 25.2 Å². The Kier molecular flexibility index (Phi) is 8.35. The van der Waals surface area contributed by atoms with Crippen LogP contribution in [-0.2, 0) is 26.6 Å². The summed E-state index contributed by atoms with van der Waals surface area (Å²) in [6.45, 7) is 0.628. The molecular weight excluding hydrogens is 531 g/mol. The van der Waals surface area contributed by atoms with E-state index in [9.17, 15) is 9.59 Å². The van der Waals surface area contributed by atoms with Crippen molar-refractivity contribution in [3.63, 3.8) is 0 Å². The van der Waals surface area contributed by atoms with Crippen LogP contribution in [0.1, 0.15) is 55.8 Å². The molecule has 0 fully saturated rings. The summed E-state index contributed by atoms with van der Waals surface area (Å²) in [5.74, 6) is -0.851. The van der Waals surface area contributed by atoms with Crippen LogP contribution in [0.5, 0.6) is 0 Å². The number of carbonyl (C=O) groups excluding carboxylic acids is 2. The van der Waals surface area contributed by atoms with Crippen molar-refractivity contribution in [1.82, 2.24) is 0 Å². The fourth-order valence-corrected chi connectivity index (χ4v) is 5.44. The van der Waals surface area contributed by atoms with E-state index in [4.69, 9.17) is 32.7 Å². The number of alkyl halides is 2. The van der Waals surface area contributed by atoms with Gasteiger partial charge in [0, 0.05) is 11.1 Å². The summed E-state index contributed by atoms with van der Waals surface area (Å²) in [7, 11) is 0. The topological polar surface area (TPSA) is 52.6 Å². The average molecular weight is 559 g/mol. The number of fused-ring (bicyclic) bond motifs is 3. The highest BCUT2D eigenvalue weighted by Gasteiger charge is 2.41. The molecule has 39 heavy (non-hydrogen) atoms. The van der Waals surface area contributed by atoms with E-state index in [1.807, 2.05) is 48.5 Å². The molecule has 0 unspecified atom stereocenters. The minimum Gasteiger partial charge on any atom is -0.462 e. The van der Waals surface area contributed by atoms with Crippen molar-refractivity contribution < 1.29 is 19.1 Å². The zero-order chi connectivity index (χ0) is 27.2. The van der Waals surface area contributed by atoms with Crippen molar-refractivity contribution in [2.75, 3.05) is 13.2 Å². The maximum atomic E-state index is 12.7. The van der Waals surface area contributed by atoms with Gasteiger partial charge in [0.05, 0.1) is 24.3 Å². The highest BCUT2D eigenvalue weighted by Crippen LogP contribution is 2.54. The van der Waals surface area contributed by atoms with Gasteiger partial charge in [-0.15, -0.1) is 0 Å². The second kappa shape index (κ2) is 12.1. The minimum absolute atomic E-state index is 0.314. The highest BCUT2D eigenvalue weighted by atomic mass is 35.5. The lowest BCUT2D eigenvalue weighted by Gasteiger charge is -2.17. The quantitative estimate of drug-likeness (QED) is 0.113. The first-order valence-corrected chi connectivity index (χ1v) is 13.8. The van der Waals surface area contributed by atoms with Crippen molar-refractivity contribution in [1.29, 1.82) is 0 Å². The lowest BCUT2D eigenvalue weighted by atomic mass is 10.0. The van der Waals surface area contributed by atoms with Crippen LogP contribution in [0.2, 0.25) is 0 Å². The molecule has 1 aliphatic rings. The number of benzene rings is 4. The van der Waals surface area contributed by atoms with Crippen molar-refractivity contribution in [2.45, 2.75) is 30.0 Å². The van der Waals surface area contributed by atoms with Gasteiger partial charge in [-0.1, -0.05) is 96.0 Å². The molecule has 0 radical (unpaired) electrons. The van der Waals surface area contributed by atoms with Crippen LogP contribution in [0.25, 0.3) is 11.1 Å². The van der Waals surface area contributed by atoms with Gasteiger partial charge in [0.15, 0.2) is 4.33 Å². The van der Waals surface area contributed by atoms with Gasteiger partial charge in [-0.2, -0.15) is 0 Å². The number of hydrogen-bond donors (Lipinski definition) is 0. The van der Waals surface area contributed by atoms with Crippen LogP contribution >= 0.6 is 23.2 Å². The molecule has 4 aromatic rings. The largest absolute Gasteiger partial charge is 0.462 e. The van der Waals surface area contributed by atoms with Gasteiger partial charge in [0.2, 0.25) is 0 Å². The summed E-state index contributed by atoms with van der Waals surface area (Å²) in [6, 6.07) is 30.6. The third kappa shape index (κ3) is 6.19. The SMILES string of the molecule is O=C(OCCCc1ccccc1)c1ccc2c(c1)C(Cl)(Cl)c1cc(C(=O)OCCCc3ccccc3)ccc1-2. The number of aryl methyl sites for hydroxylation is 2. The number of hydrogen-bond acceptors (Lipinski definition) is 4. The third-order valence-corrected chi connectivity index (χ3v) is 7.66. The number of carbonyl (C=O) groups is 2. The molecule has 5 rings (SSSR count). The summed E-state index contributed by atoms with van der Waals surface area (Å²) in [5.41, 5.74) is 5.98. The highest BCUT2D eigenvalue weighted by molar-refractivity contribution is 6.51. The summed E-state index contributed by atoms with van der Waals surface area (Å²) in [6.07, 6.45) is 3.12. The van der Waals surface area contributed by atoms with E-state index in [0.29, 0.717) is 35.5 Å². The second-order valence-corrected chi connectivity index (χ2v) is 10.9. The fourth-order valence-electron chi connectivity index (χ4n) is 4.82. The van der Waals surface area contributed by atoms with Gasteiger partial charge in [-0.05, 0) is 72.2 Å². The maximum Gasteiger partial charge on any atom is 0.338 e. The third-order valence-electron chi connectivity index (χ3n) is 6.85. The molecule has 0 bridgehead atoms. The molecule has 0 aliphatic heterocycles. The van der Waals surface area contributed by atoms with Gasteiger partial charge < -0.3 is 9.47 Å². The Balaban J connectivity index is 1.21. The zero-order valence-corrected chi connectivity index (χ0v) is 22.9. The van der Waals surface area contributed by atoms with Crippen molar-refractivity contribution in [3.05, 3.63) is 130 Å². The zero-order valence-electron chi connectivity index (χ0n) is 21.4. The maximum absolute atomic E-state index is 12.7. The van der Waals surface area contributed by atoms with Gasteiger partial charge >= 0.3 is 11.9 Å². The summed E-state index contributed by atoms with van der Waals surface area (Å²) < 4.78 is 9.57. The molecule has 0 spiro atoms. The first-order chi connectivity index (χ1) is 18.9. The summed E-state index contributed by atoms with van der Waals surface area (Å²) in [4.78, 5) is 25.5. The molecule has 198 valence electrons. The number of esters is 2. The Labute approximate surface area is 238 Å². The Bertz CT molecular complexity index is 1360. The smallest absolute Gasteiger partial charge is 0.338 e. The number of halogens is 2. The Morgan fingerprint density at radius 3 is 1.41 bits per heavy atom. The van der Waals surface area contributed by atoms with Crippen LogP contribution in [0, 0.1) is 0 Å². The number of ether oxygens (including phenoxy) is 2. The molecule has 0 aromatic heterocycles. The number of rotatable bonds is 10. The average Bonchev–Trinajstić information content (AvgIpc) is 3.19. The molecule has 0 saturated heterocycles. The summed E-state index contributed by atoms with van der Waals surface area (Å²) in [5, 5.41) is 0. The molecule has 0 amide bonds. The van der Waals surface area contributed by atoms with Crippen LogP contribution in [0.3, 0.4) is 0 Å². The molecule has 1 aliphatic carbocycles. The normalized spacial score (nSPS) is 12.9. The van der Waals surface area contributed by atoms with Gasteiger partial charge in [-0.25, -0.2) is 9.59 Å². The molecule has 4 aromatic carbocycles. The predicted octanol–water partition coefficient (Wildman–Crippen LogP) is 7.92. The molecule has 0 atom stereocenters. The van der Waals surface area contributed by atoms with Gasteiger partial charge in [0.25, 0.3) is 0 Å². The first-order valence-electron chi connectivity index (χ1n) is 13.0. The predicted molar refractivity (Wildman–Crippen MR) is 154 cm³/mol. The van der Waals surface area contributed by atoms with E-state index in [-0.39, 0.29) is 0 Å². The Morgan fingerprint density at radius 1 is 0.590 bits per heavy atom. The van der Waals surface area contributed by atoms with Crippen LogP contribution in [0.4, 0.5) is 0 Å². The van der Waals surface area contributed by atoms with E-state index in [0.717, 1.165) is 36.8 Å². The Morgan fingerprint density at radius 2 is 1.00 bits per heavy atom. The van der Waals surface area contributed by atoms with Crippen LogP contribution in [0.15, 0.2) is 97.1 Å². The standard InChI is InChI=1S/C33H28Cl2O4/c34-33(35)29-21-25(31(36)38-19-7-13-23-9-3-1-4-10-23)15-17-27(29)28-18-16-26(22-30(28)33)32(37)39-20-8-14-24-11-5-2-6-12-24/h1-6,9-12,15-18,21-22H,7-8,13-14,19-20H2. The van der Waals surface area contributed by atoms with E-state index in [2.05, 4.69) is 24.3 Å². The molecular formula is C33H28Cl2O4. The summed E-state index contributed by atoms with van der Waals surface area (Å²) >= 11 is 13.7. The molecule has 0 N–H and O–H groups in total. The van der Waals surface area contributed by atoms with Gasteiger partial charge in [-0.3, -0.25) is 0 Å². The Hall–Kier alpha value is -3.60. The second-order valence-electron chi connectivity index (χ2n) is 9.55. The van der Waals surface area contributed by atoms with Crippen molar-refractivity contribution in [2.24, 2.45) is 0 Å². The lowest BCUT2D eigenvalue weighted by Crippen LogP contribution is -2.12. The monoisotopic (exact) mass is 558 g/mol. The molecule has 6 heteroatoms. The molecule has 0 saturated carbocycles. The van der Waals surface area contributed by atoms with Crippen molar-refractivity contribution >= 4 is 35.1 Å². The molecule has 0 heterocycles. The minimum atomic E-state index is -1.42. The van der Waals surface area contributed by atoms with Crippen LogP contribution < -0.4 is 0 Å². The van der Waals surface area contributed by atoms with E-state index in [1.54, 1.807) is 24.3 Å². The van der Waals surface area contributed by atoms with E-state index in [1.165, 1.54) is 11.1 Å². The van der Waals surface area contributed by atoms with E-state index < -0.39 is 16.3 Å². The van der Waals surface area contributed by atoms with E-state index >= 15 is 0 Å². The van der Waals surface area contributed by atoms with Gasteiger partial charge in [0.1, 0.15) is 0 Å². The lowest BCUT2D eigenvalue weighted by molar-refractivity contribution is 0.0491. The first kappa shape index (κ1) is 27.0. The fraction of sp³-hybridized carbons (Fsp3) is 0.212. The molecule has 4 nitrogen and oxygen atoms in total. The van der Waals surface area contributed by atoms with Crippen molar-refractivity contribution in [3.8, 4) is 11.1 Å².